The molecule has 1 heterocycles. The highest BCUT2D eigenvalue weighted by atomic mass is 16.5. The van der Waals surface area contributed by atoms with Crippen molar-refractivity contribution in [1.29, 1.82) is 0 Å². The number of morpholine rings is 1. The van der Waals surface area contributed by atoms with E-state index in [2.05, 4.69) is 25.7 Å². The first kappa shape index (κ1) is 12.9. The number of hydrogen-bond acceptors (Lipinski definition) is 3. The van der Waals surface area contributed by atoms with Gasteiger partial charge in [-0.15, -0.1) is 0 Å². The molecule has 0 amide bonds. The molecule has 1 fully saturated rings. The van der Waals surface area contributed by atoms with Crippen molar-refractivity contribution in [1.82, 2.24) is 4.90 Å². The summed E-state index contributed by atoms with van der Waals surface area (Å²) in [6.45, 7) is 10.4. The minimum atomic E-state index is -0.00917. The Balaban J connectivity index is 2.53. The molecular weight excluding hydrogens is 188 g/mol. The van der Waals surface area contributed by atoms with Crippen molar-refractivity contribution in [2.24, 2.45) is 5.73 Å². The molecule has 0 spiro atoms. The van der Waals surface area contributed by atoms with Crippen LogP contribution < -0.4 is 5.73 Å². The van der Waals surface area contributed by atoms with E-state index in [0.29, 0.717) is 6.04 Å². The van der Waals surface area contributed by atoms with Crippen LogP contribution in [0.4, 0.5) is 0 Å². The van der Waals surface area contributed by atoms with E-state index in [1.165, 1.54) is 0 Å². The lowest BCUT2D eigenvalue weighted by molar-refractivity contribution is -0.0188. The van der Waals surface area contributed by atoms with Gasteiger partial charge in [0.25, 0.3) is 0 Å². The summed E-state index contributed by atoms with van der Waals surface area (Å²) in [4.78, 5) is 2.51. The van der Waals surface area contributed by atoms with Gasteiger partial charge in [0.2, 0.25) is 0 Å². The molecule has 1 unspecified atom stereocenters. The van der Waals surface area contributed by atoms with Gasteiger partial charge in [-0.25, -0.2) is 0 Å². The lowest BCUT2D eigenvalue weighted by atomic mass is 9.92. The summed E-state index contributed by atoms with van der Waals surface area (Å²) in [5.74, 6) is 0. The quantitative estimate of drug-likeness (QED) is 0.755. The van der Waals surface area contributed by atoms with Gasteiger partial charge in [0.15, 0.2) is 0 Å². The fraction of sp³-hybridized carbons (Fsp3) is 1.00. The molecule has 3 nitrogen and oxygen atoms in total. The van der Waals surface area contributed by atoms with Crippen LogP contribution in [0.15, 0.2) is 0 Å². The van der Waals surface area contributed by atoms with E-state index >= 15 is 0 Å². The van der Waals surface area contributed by atoms with Gasteiger partial charge < -0.3 is 10.5 Å². The highest BCUT2D eigenvalue weighted by Crippen LogP contribution is 2.18. The molecule has 0 aromatic heterocycles. The zero-order chi connectivity index (χ0) is 11.3. The van der Waals surface area contributed by atoms with Crippen molar-refractivity contribution in [3.63, 3.8) is 0 Å². The Kier molecular flexibility index (Phi) is 5.03. The molecule has 1 saturated heterocycles. The van der Waals surface area contributed by atoms with Gasteiger partial charge in [-0.3, -0.25) is 4.90 Å². The Bertz CT molecular complexity index is 180. The third kappa shape index (κ3) is 3.44. The summed E-state index contributed by atoms with van der Waals surface area (Å²) in [6.07, 6.45) is 3.26. The van der Waals surface area contributed by atoms with Crippen LogP contribution in [-0.2, 0) is 4.74 Å². The molecule has 1 atom stereocenters. The van der Waals surface area contributed by atoms with Gasteiger partial charge in [0.05, 0.1) is 13.2 Å². The van der Waals surface area contributed by atoms with Crippen LogP contribution in [0.1, 0.15) is 40.0 Å². The Morgan fingerprint density at radius 1 is 1.33 bits per heavy atom. The van der Waals surface area contributed by atoms with E-state index < -0.39 is 0 Å². The second-order valence-electron chi connectivity index (χ2n) is 4.68. The molecule has 0 aromatic rings. The average molecular weight is 214 g/mol. The second kappa shape index (κ2) is 5.83. The van der Waals surface area contributed by atoms with Crippen molar-refractivity contribution in [2.45, 2.75) is 51.6 Å². The van der Waals surface area contributed by atoms with Gasteiger partial charge in [0, 0.05) is 24.7 Å². The zero-order valence-electron chi connectivity index (χ0n) is 10.5. The molecule has 0 aromatic carbocycles. The number of nitrogens with two attached hydrogens (primary N) is 1. The molecule has 0 saturated carbocycles. The van der Waals surface area contributed by atoms with E-state index in [-0.39, 0.29) is 5.54 Å². The van der Waals surface area contributed by atoms with Gasteiger partial charge in [-0.1, -0.05) is 20.8 Å². The summed E-state index contributed by atoms with van der Waals surface area (Å²) < 4.78 is 5.50. The normalized spacial score (nSPS) is 24.4. The van der Waals surface area contributed by atoms with Crippen LogP contribution in [0.2, 0.25) is 0 Å². The maximum atomic E-state index is 6.36. The van der Waals surface area contributed by atoms with Gasteiger partial charge >= 0.3 is 0 Å². The smallest absolute Gasteiger partial charge is 0.0622 e. The second-order valence-corrected chi connectivity index (χ2v) is 4.68. The minimum absolute atomic E-state index is 0.00917. The molecule has 90 valence electrons. The topological polar surface area (TPSA) is 38.5 Å². The van der Waals surface area contributed by atoms with Crippen molar-refractivity contribution in [2.75, 3.05) is 26.3 Å². The average Bonchev–Trinajstić information content (AvgIpc) is 2.29. The summed E-state index contributed by atoms with van der Waals surface area (Å²) >= 11 is 0. The summed E-state index contributed by atoms with van der Waals surface area (Å²) in [5.41, 5.74) is 6.35. The summed E-state index contributed by atoms with van der Waals surface area (Å²) in [7, 11) is 0. The molecule has 1 rings (SSSR count). The first-order valence-electron chi connectivity index (χ1n) is 6.26. The van der Waals surface area contributed by atoms with E-state index in [4.69, 9.17) is 10.5 Å². The van der Waals surface area contributed by atoms with Crippen LogP contribution in [0.5, 0.6) is 0 Å². The van der Waals surface area contributed by atoms with Crippen LogP contribution in [0.3, 0.4) is 0 Å². The van der Waals surface area contributed by atoms with E-state index in [0.717, 1.165) is 45.6 Å². The fourth-order valence-corrected chi connectivity index (χ4v) is 2.15. The molecule has 2 N–H and O–H groups in total. The standard InChI is InChI=1S/C12H26N2O/c1-4-11-9-15-8-7-14(11)10-12(13,5-2)6-3/h11H,4-10,13H2,1-3H3. The Morgan fingerprint density at radius 2 is 2.00 bits per heavy atom. The summed E-state index contributed by atoms with van der Waals surface area (Å²) in [5, 5.41) is 0. The molecular formula is C12H26N2O. The monoisotopic (exact) mass is 214 g/mol. The molecule has 1 aliphatic heterocycles. The molecule has 15 heavy (non-hydrogen) atoms. The van der Waals surface area contributed by atoms with Crippen LogP contribution >= 0.6 is 0 Å². The van der Waals surface area contributed by atoms with Crippen molar-refractivity contribution < 1.29 is 4.74 Å². The fourth-order valence-electron chi connectivity index (χ4n) is 2.15. The third-order valence-corrected chi connectivity index (χ3v) is 3.75. The lowest BCUT2D eigenvalue weighted by Crippen LogP contribution is -2.55. The molecule has 0 aliphatic carbocycles. The first-order chi connectivity index (χ1) is 7.15. The number of nitrogens with zero attached hydrogens (tertiary/aromatic N) is 1. The van der Waals surface area contributed by atoms with E-state index in [1.807, 2.05) is 0 Å². The summed E-state index contributed by atoms with van der Waals surface area (Å²) in [6, 6.07) is 0.569. The van der Waals surface area contributed by atoms with Crippen LogP contribution in [0.25, 0.3) is 0 Å². The van der Waals surface area contributed by atoms with E-state index in [1.54, 1.807) is 0 Å². The van der Waals surface area contributed by atoms with Crippen molar-refractivity contribution >= 4 is 0 Å². The SMILES string of the molecule is CCC1COCCN1CC(N)(CC)CC. The van der Waals surface area contributed by atoms with Gasteiger partial charge in [0.1, 0.15) is 0 Å². The minimum Gasteiger partial charge on any atom is -0.378 e. The molecule has 0 radical (unpaired) electrons. The van der Waals surface area contributed by atoms with Crippen molar-refractivity contribution in [3.8, 4) is 0 Å². The maximum absolute atomic E-state index is 6.36. The van der Waals surface area contributed by atoms with Crippen LogP contribution in [0, 0.1) is 0 Å². The predicted molar refractivity (Wildman–Crippen MR) is 64.0 cm³/mol. The van der Waals surface area contributed by atoms with Gasteiger partial charge in [-0.2, -0.15) is 0 Å². The highest BCUT2D eigenvalue weighted by Gasteiger charge is 2.29. The number of hydrogen-bond donors (Lipinski definition) is 1. The molecule has 1 aliphatic rings. The predicted octanol–water partition coefficient (Wildman–Crippen LogP) is 1.61. The molecule has 3 heteroatoms. The molecule has 0 bridgehead atoms. The highest BCUT2D eigenvalue weighted by molar-refractivity contribution is 4.88. The van der Waals surface area contributed by atoms with Crippen LogP contribution in [-0.4, -0.2) is 42.8 Å². The third-order valence-electron chi connectivity index (χ3n) is 3.75. The maximum Gasteiger partial charge on any atom is 0.0622 e. The number of ether oxygens (including phenoxy) is 1. The van der Waals surface area contributed by atoms with Gasteiger partial charge in [-0.05, 0) is 19.3 Å². The van der Waals surface area contributed by atoms with E-state index in [9.17, 15) is 0 Å². The lowest BCUT2D eigenvalue weighted by Gasteiger charge is -2.40. The number of rotatable bonds is 5. The Labute approximate surface area is 94.0 Å². The van der Waals surface area contributed by atoms with Crippen molar-refractivity contribution in [3.05, 3.63) is 0 Å². The first-order valence-corrected chi connectivity index (χ1v) is 6.26. The Morgan fingerprint density at radius 3 is 2.53 bits per heavy atom. The zero-order valence-corrected chi connectivity index (χ0v) is 10.5. The Hall–Kier alpha value is -0.120. The largest absolute Gasteiger partial charge is 0.378 e.